The highest BCUT2D eigenvalue weighted by Gasteiger charge is 2.28. The first-order valence-electron chi connectivity index (χ1n) is 13.6. The number of ether oxygens (including phenoxy) is 4. The van der Waals surface area contributed by atoms with E-state index in [2.05, 4.69) is 13.2 Å². The predicted molar refractivity (Wildman–Crippen MR) is 151 cm³/mol. The van der Waals surface area contributed by atoms with Gasteiger partial charge >= 0.3 is 24.1 Å². The van der Waals surface area contributed by atoms with Crippen molar-refractivity contribution in [1.29, 1.82) is 0 Å². The first kappa shape index (κ1) is 34.9. The number of rotatable bonds is 8. The molecule has 12 nitrogen and oxygen atoms in total. The van der Waals surface area contributed by atoms with E-state index in [1.54, 1.807) is 41.5 Å². The molecule has 1 saturated heterocycles. The molecule has 0 saturated carbocycles. The summed E-state index contributed by atoms with van der Waals surface area (Å²) < 4.78 is 21.5. The van der Waals surface area contributed by atoms with Crippen molar-refractivity contribution in [2.24, 2.45) is 0 Å². The van der Waals surface area contributed by atoms with Gasteiger partial charge < -0.3 is 28.7 Å². The molecular weight excluding hydrogens is 520 g/mol. The van der Waals surface area contributed by atoms with Gasteiger partial charge in [0, 0.05) is 52.4 Å². The molecule has 0 unspecified atom stereocenters. The number of carbonyl (C=O) groups excluding carboxylic acids is 4. The van der Waals surface area contributed by atoms with Gasteiger partial charge in [0.05, 0.1) is 13.1 Å². The molecule has 1 aliphatic heterocycles. The van der Waals surface area contributed by atoms with Crippen LogP contribution in [-0.2, 0) is 28.5 Å². The van der Waals surface area contributed by atoms with Crippen LogP contribution in [0.25, 0.3) is 0 Å². The lowest BCUT2D eigenvalue weighted by Gasteiger charge is -2.35. The van der Waals surface area contributed by atoms with E-state index in [9.17, 15) is 19.2 Å². The molecule has 12 heteroatoms. The van der Waals surface area contributed by atoms with Crippen LogP contribution in [0.1, 0.15) is 41.5 Å². The Morgan fingerprint density at radius 3 is 1.20 bits per heavy atom. The monoisotopic (exact) mass is 568 g/mol. The fourth-order valence-electron chi connectivity index (χ4n) is 3.59. The minimum Gasteiger partial charge on any atom is -0.461 e. The Labute approximate surface area is 238 Å². The highest BCUT2D eigenvalue weighted by Crippen LogP contribution is 2.13. The highest BCUT2D eigenvalue weighted by atomic mass is 16.6. The zero-order valence-corrected chi connectivity index (χ0v) is 25.1. The summed E-state index contributed by atoms with van der Waals surface area (Å²) in [6, 6.07) is 0. The van der Waals surface area contributed by atoms with Crippen LogP contribution in [0.4, 0.5) is 9.59 Å². The molecule has 0 spiro atoms. The molecule has 0 N–H and O–H groups in total. The van der Waals surface area contributed by atoms with E-state index < -0.39 is 35.3 Å². The van der Waals surface area contributed by atoms with Crippen LogP contribution in [0.5, 0.6) is 0 Å². The number of amides is 2. The summed E-state index contributed by atoms with van der Waals surface area (Å²) >= 11 is 0. The average Bonchev–Trinajstić information content (AvgIpc) is 2.82. The van der Waals surface area contributed by atoms with Gasteiger partial charge in [0.25, 0.3) is 0 Å². The third-order valence-electron chi connectivity index (χ3n) is 5.48. The first-order valence-corrected chi connectivity index (χ1v) is 13.6. The Balaban J connectivity index is 3.21. The molecular formula is C28H48N4O8. The highest BCUT2D eigenvalue weighted by molar-refractivity contribution is 5.72. The summed E-state index contributed by atoms with van der Waals surface area (Å²) in [5, 5.41) is 0. The van der Waals surface area contributed by atoms with Gasteiger partial charge in [-0.1, -0.05) is 25.3 Å². The summed E-state index contributed by atoms with van der Waals surface area (Å²) in [7, 11) is 0. The predicted octanol–water partition coefficient (Wildman–Crippen LogP) is 2.54. The smallest absolute Gasteiger partial charge is 0.410 e. The van der Waals surface area contributed by atoms with Crippen molar-refractivity contribution in [3.05, 3.63) is 25.3 Å². The van der Waals surface area contributed by atoms with E-state index in [1.165, 1.54) is 22.0 Å². The first-order chi connectivity index (χ1) is 18.6. The van der Waals surface area contributed by atoms with Gasteiger partial charge in [-0.2, -0.15) is 0 Å². The maximum atomic E-state index is 13.0. The lowest BCUT2D eigenvalue weighted by molar-refractivity contribution is -0.145. The molecule has 0 aromatic heterocycles. The largest absolute Gasteiger partial charge is 0.461 e. The number of hydrogen-bond donors (Lipinski definition) is 0. The number of nitrogens with zero attached hydrogens (tertiary/aromatic N) is 4. The third-order valence-corrected chi connectivity index (χ3v) is 5.48. The SMILES string of the molecule is C=CCOC(=O)CN1CCN(CC(=O)OCC=C)CCN(C(=O)OC(C)(C)C)CCN(C(=O)OC(C)(C)C)CC1. The van der Waals surface area contributed by atoms with Gasteiger partial charge in [-0.05, 0) is 41.5 Å². The lowest BCUT2D eigenvalue weighted by atomic mass is 10.2. The van der Waals surface area contributed by atoms with Gasteiger partial charge in [0.1, 0.15) is 24.4 Å². The second-order valence-corrected chi connectivity index (χ2v) is 11.4. The normalized spacial score (nSPS) is 16.6. The van der Waals surface area contributed by atoms with Crippen molar-refractivity contribution >= 4 is 24.1 Å². The molecule has 1 rings (SSSR count). The number of carbonyl (C=O) groups is 4. The van der Waals surface area contributed by atoms with Gasteiger partial charge in [-0.25, -0.2) is 9.59 Å². The van der Waals surface area contributed by atoms with E-state index in [1.807, 2.05) is 9.80 Å². The van der Waals surface area contributed by atoms with Crippen LogP contribution in [0, 0.1) is 0 Å². The Hall–Kier alpha value is -3.12. The van der Waals surface area contributed by atoms with Crippen molar-refractivity contribution in [1.82, 2.24) is 19.6 Å². The van der Waals surface area contributed by atoms with E-state index in [0.29, 0.717) is 26.2 Å². The van der Waals surface area contributed by atoms with Crippen LogP contribution in [-0.4, -0.2) is 134 Å². The van der Waals surface area contributed by atoms with Crippen molar-refractivity contribution in [2.75, 3.05) is 78.7 Å². The molecule has 1 fully saturated rings. The number of esters is 2. The second kappa shape index (κ2) is 16.9. The third kappa shape index (κ3) is 15.5. The maximum absolute atomic E-state index is 13.0. The molecule has 0 radical (unpaired) electrons. The fraction of sp³-hybridized carbons (Fsp3) is 0.714. The lowest BCUT2D eigenvalue weighted by Crippen LogP contribution is -2.51. The molecule has 1 heterocycles. The molecule has 0 aromatic rings. The molecule has 228 valence electrons. The molecule has 40 heavy (non-hydrogen) atoms. The Morgan fingerprint density at radius 1 is 0.600 bits per heavy atom. The van der Waals surface area contributed by atoms with Crippen molar-refractivity contribution in [3.8, 4) is 0 Å². The van der Waals surface area contributed by atoms with Crippen molar-refractivity contribution < 1.29 is 38.1 Å². The molecule has 2 amide bonds. The molecule has 0 atom stereocenters. The molecule has 0 bridgehead atoms. The zero-order valence-electron chi connectivity index (χ0n) is 25.1. The van der Waals surface area contributed by atoms with E-state index in [0.717, 1.165) is 0 Å². The minimum absolute atomic E-state index is 0.00518. The van der Waals surface area contributed by atoms with E-state index in [4.69, 9.17) is 18.9 Å². The summed E-state index contributed by atoms with van der Waals surface area (Å²) in [5.41, 5.74) is -1.42. The van der Waals surface area contributed by atoms with Crippen LogP contribution in [0.2, 0.25) is 0 Å². The topological polar surface area (TPSA) is 118 Å². The van der Waals surface area contributed by atoms with Crippen LogP contribution in [0.3, 0.4) is 0 Å². The summed E-state index contributed by atoms with van der Waals surface area (Å²) in [6.45, 7) is 20.3. The van der Waals surface area contributed by atoms with E-state index >= 15 is 0 Å². The summed E-state index contributed by atoms with van der Waals surface area (Å²) in [6.07, 6.45) is 1.95. The quantitative estimate of drug-likeness (QED) is 0.246. The molecule has 0 aliphatic carbocycles. The van der Waals surface area contributed by atoms with Gasteiger partial charge in [-0.3, -0.25) is 19.4 Å². The van der Waals surface area contributed by atoms with Crippen molar-refractivity contribution in [3.63, 3.8) is 0 Å². The van der Waals surface area contributed by atoms with Crippen LogP contribution < -0.4 is 0 Å². The fourth-order valence-corrected chi connectivity index (χ4v) is 3.59. The number of hydrogen-bond acceptors (Lipinski definition) is 10. The van der Waals surface area contributed by atoms with Gasteiger partial charge in [0.15, 0.2) is 0 Å². The van der Waals surface area contributed by atoms with Crippen molar-refractivity contribution in [2.45, 2.75) is 52.7 Å². The summed E-state index contributed by atoms with van der Waals surface area (Å²) in [4.78, 5) is 57.6. The minimum atomic E-state index is -0.708. The standard InChI is InChI=1S/C28H48N4O8/c1-9-19-37-23(33)21-29-11-12-30(22-24(34)38-20-10-2)14-16-32(26(36)40-28(6,7)8)18-17-31(15-13-29)25(35)39-27(3,4)5/h9-10H,1-2,11-22H2,3-8H3. The summed E-state index contributed by atoms with van der Waals surface area (Å²) in [5.74, 6) is -0.854. The Bertz CT molecular complexity index is 795. The molecule has 0 aromatic carbocycles. The van der Waals surface area contributed by atoms with Gasteiger partial charge in [-0.15, -0.1) is 0 Å². The zero-order chi connectivity index (χ0) is 30.3. The second-order valence-electron chi connectivity index (χ2n) is 11.4. The Kier molecular flexibility index (Phi) is 14.7. The van der Waals surface area contributed by atoms with E-state index in [-0.39, 0.29) is 52.5 Å². The van der Waals surface area contributed by atoms with Crippen LogP contribution >= 0.6 is 0 Å². The maximum Gasteiger partial charge on any atom is 0.410 e. The molecule has 1 aliphatic rings. The average molecular weight is 569 g/mol. The van der Waals surface area contributed by atoms with Crippen LogP contribution in [0.15, 0.2) is 25.3 Å². The Morgan fingerprint density at radius 2 is 0.900 bits per heavy atom. The van der Waals surface area contributed by atoms with Gasteiger partial charge in [0.2, 0.25) is 0 Å².